The third kappa shape index (κ3) is 1.75. The van der Waals surface area contributed by atoms with Gasteiger partial charge in [-0.3, -0.25) is 4.68 Å². The first-order chi connectivity index (χ1) is 6.27. The summed E-state index contributed by atoms with van der Waals surface area (Å²) in [5.74, 6) is 0.635. The van der Waals surface area contributed by atoms with E-state index in [1.807, 2.05) is 17.9 Å². The maximum Gasteiger partial charge on any atom is 0.0492 e. The summed E-state index contributed by atoms with van der Waals surface area (Å²) in [5, 5.41) is 4.19. The molecule has 3 nitrogen and oxygen atoms in total. The third-order valence-corrected chi connectivity index (χ3v) is 2.99. The summed E-state index contributed by atoms with van der Waals surface area (Å²) in [6.45, 7) is 0. The van der Waals surface area contributed by atoms with Crippen molar-refractivity contribution in [3.05, 3.63) is 18.0 Å². The van der Waals surface area contributed by atoms with Crippen LogP contribution >= 0.6 is 0 Å². The molecule has 0 aromatic carbocycles. The van der Waals surface area contributed by atoms with Crippen molar-refractivity contribution in [2.45, 2.75) is 37.6 Å². The summed E-state index contributed by atoms with van der Waals surface area (Å²) in [6.07, 6.45) is 6.72. The Labute approximate surface area is 78.9 Å². The highest BCUT2D eigenvalue weighted by atomic mass is 15.3. The van der Waals surface area contributed by atoms with Crippen LogP contribution < -0.4 is 5.73 Å². The first-order valence-corrected chi connectivity index (χ1v) is 5.01. The van der Waals surface area contributed by atoms with Crippen LogP contribution in [-0.4, -0.2) is 15.8 Å². The molecule has 0 amide bonds. The molecule has 1 heterocycles. The van der Waals surface area contributed by atoms with E-state index in [2.05, 4.69) is 11.2 Å². The van der Waals surface area contributed by atoms with Crippen LogP contribution in [0.1, 0.15) is 37.3 Å². The molecule has 2 atom stereocenters. The Morgan fingerprint density at radius 2 is 2.38 bits per heavy atom. The number of aromatic nitrogens is 2. The van der Waals surface area contributed by atoms with Gasteiger partial charge in [-0.05, 0) is 25.3 Å². The molecular weight excluding hydrogens is 162 g/mol. The summed E-state index contributed by atoms with van der Waals surface area (Å²) in [7, 11) is 2.01. The number of nitrogens with two attached hydrogens (primary N) is 1. The van der Waals surface area contributed by atoms with Crippen LogP contribution in [0.5, 0.6) is 0 Å². The molecule has 0 saturated heterocycles. The number of aryl methyl sites for hydroxylation is 1. The second-order valence-corrected chi connectivity index (χ2v) is 4.00. The summed E-state index contributed by atoms with van der Waals surface area (Å²) < 4.78 is 1.97. The zero-order chi connectivity index (χ0) is 9.26. The average Bonchev–Trinajstić information content (AvgIpc) is 2.51. The van der Waals surface area contributed by atoms with Crippen molar-refractivity contribution < 1.29 is 0 Å². The lowest BCUT2D eigenvalue weighted by Crippen LogP contribution is -2.27. The Hall–Kier alpha value is -0.830. The zero-order valence-corrected chi connectivity index (χ0v) is 8.11. The van der Waals surface area contributed by atoms with Crippen molar-refractivity contribution in [2.75, 3.05) is 0 Å². The van der Waals surface area contributed by atoms with Gasteiger partial charge in [0, 0.05) is 30.9 Å². The van der Waals surface area contributed by atoms with E-state index in [4.69, 9.17) is 5.73 Å². The van der Waals surface area contributed by atoms with Crippen LogP contribution in [0.4, 0.5) is 0 Å². The van der Waals surface area contributed by atoms with E-state index in [0.29, 0.717) is 12.0 Å². The summed E-state index contributed by atoms with van der Waals surface area (Å²) in [4.78, 5) is 0. The Balaban J connectivity index is 2.12. The number of nitrogens with zero attached hydrogens (tertiary/aromatic N) is 2. The van der Waals surface area contributed by atoms with Crippen LogP contribution in [0, 0.1) is 0 Å². The minimum absolute atomic E-state index is 0.397. The standard InChI is InChI=1S/C10H17N3/c1-13-10(5-6-12-13)8-3-2-4-9(11)7-8/h5-6,8-9H,2-4,7,11H2,1H3/t8-,9-/m0/s1. The van der Waals surface area contributed by atoms with E-state index in [-0.39, 0.29) is 0 Å². The fourth-order valence-corrected chi connectivity index (χ4v) is 2.28. The molecule has 0 bridgehead atoms. The van der Waals surface area contributed by atoms with Crippen molar-refractivity contribution >= 4 is 0 Å². The fourth-order valence-electron chi connectivity index (χ4n) is 2.28. The van der Waals surface area contributed by atoms with E-state index in [0.717, 1.165) is 6.42 Å². The van der Waals surface area contributed by atoms with Crippen molar-refractivity contribution in [3.8, 4) is 0 Å². The average molecular weight is 179 g/mol. The van der Waals surface area contributed by atoms with Crippen molar-refractivity contribution in [1.82, 2.24) is 9.78 Å². The number of rotatable bonds is 1. The molecule has 3 heteroatoms. The highest BCUT2D eigenvalue weighted by Gasteiger charge is 2.22. The Kier molecular flexibility index (Phi) is 2.36. The minimum Gasteiger partial charge on any atom is -0.328 e. The van der Waals surface area contributed by atoms with Gasteiger partial charge in [-0.2, -0.15) is 5.10 Å². The quantitative estimate of drug-likeness (QED) is 0.708. The molecular formula is C10H17N3. The van der Waals surface area contributed by atoms with Gasteiger partial charge in [-0.15, -0.1) is 0 Å². The molecule has 0 spiro atoms. The number of hydrogen-bond acceptors (Lipinski definition) is 2. The largest absolute Gasteiger partial charge is 0.328 e. The molecule has 1 aliphatic carbocycles. The molecule has 0 aliphatic heterocycles. The summed E-state index contributed by atoms with van der Waals surface area (Å²) in [5.41, 5.74) is 7.29. The SMILES string of the molecule is Cn1nccc1[C@H]1CCC[C@H](N)C1. The van der Waals surface area contributed by atoms with Gasteiger partial charge in [-0.25, -0.2) is 0 Å². The molecule has 13 heavy (non-hydrogen) atoms. The topological polar surface area (TPSA) is 43.8 Å². The zero-order valence-electron chi connectivity index (χ0n) is 8.11. The summed E-state index contributed by atoms with van der Waals surface area (Å²) >= 11 is 0. The highest BCUT2D eigenvalue weighted by Crippen LogP contribution is 2.31. The molecule has 0 unspecified atom stereocenters. The molecule has 1 fully saturated rings. The molecule has 72 valence electrons. The number of hydrogen-bond donors (Lipinski definition) is 1. The second-order valence-electron chi connectivity index (χ2n) is 4.00. The van der Waals surface area contributed by atoms with E-state index in [1.54, 1.807) is 0 Å². The molecule has 1 saturated carbocycles. The van der Waals surface area contributed by atoms with Crippen LogP contribution in [0.25, 0.3) is 0 Å². The van der Waals surface area contributed by atoms with E-state index >= 15 is 0 Å². The predicted octanol–water partition coefficient (Wildman–Crippen LogP) is 1.41. The Bertz CT molecular complexity index is 279. The van der Waals surface area contributed by atoms with Gasteiger partial charge in [0.2, 0.25) is 0 Å². The van der Waals surface area contributed by atoms with Gasteiger partial charge >= 0.3 is 0 Å². The first-order valence-electron chi connectivity index (χ1n) is 5.01. The highest BCUT2D eigenvalue weighted by molar-refractivity contribution is 5.09. The minimum atomic E-state index is 0.397. The lowest BCUT2D eigenvalue weighted by Gasteiger charge is -2.26. The van der Waals surface area contributed by atoms with Gasteiger partial charge in [0.25, 0.3) is 0 Å². The van der Waals surface area contributed by atoms with Crippen LogP contribution in [-0.2, 0) is 7.05 Å². The van der Waals surface area contributed by atoms with Gasteiger partial charge in [0.1, 0.15) is 0 Å². The molecule has 1 aliphatic rings. The van der Waals surface area contributed by atoms with Crippen LogP contribution in [0.15, 0.2) is 12.3 Å². The molecule has 1 aromatic heterocycles. The van der Waals surface area contributed by atoms with E-state index in [9.17, 15) is 0 Å². The smallest absolute Gasteiger partial charge is 0.0492 e. The maximum absolute atomic E-state index is 5.95. The van der Waals surface area contributed by atoms with Crippen molar-refractivity contribution in [2.24, 2.45) is 12.8 Å². The van der Waals surface area contributed by atoms with Crippen LogP contribution in [0.2, 0.25) is 0 Å². The molecule has 2 N–H and O–H groups in total. The molecule has 0 radical (unpaired) electrons. The molecule has 1 aromatic rings. The third-order valence-electron chi connectivity index (χ3n) is 2.99. The van der Waals surface area contributed by atoms with Crippen LogP contribution in [0.3, 0.4) is 0 Å². The maximum atomic E-state index is 5.95. The van der Waals surface area contributed by atoms with Gasteiger partial charge in [-0.1, -0.05) is 6.42 Å². The normalized spacial score (nSPS) is 29.1. The second kappa shape index (κ2) is 3.50. The predicted molar refractivity (Wildman–Crippen MR) is 52.4 cm³/mol. The van der Waals surface area contributed by atoms with Gasteiger partial charge in [0.15, 0.2) is 0 Å². The molecule has 2 rings (SSSR count). The van der Waals surface area contributed by atoms with Gasteiger partial charge < -0.3 is 5.73 Å². The van der Waals surface area contributed by atoms with Crippen molar-refractivity contribution in [1.29, 1.82) is 0 Å². The Morgan fingerprint density at radius 1 is 1.54 bits per heavy atom. The fraction of sp³-hybridized carbons (Fsp3) is 0.700. The van der Waals surface area contributed by atoms with E-state index in [1.165, 1.54) is 25.0 Å². The lowest BCUT2D eigenvalue weighted by molar-refractivity contribution is 0.379. The van der Waals surface area contributed by atoms with Gasteiger partial charge in [0.05, 0.1) is 0 Å². The lowest BCUT2D eigenvalue weighted by atomic mass is 9.84. The summed E-state index contributed by atoms with van der Waals surface area (Å²) in [6, 6.07) is 2.51. The Morgan fingerprint density at radius 3 is 3.00 bits per heavy atom. The van der Waals surface area contributed by atoms with E-state index < -0.39 is 0 Å². The van der Waals surface area contributed by atoms with Crippen molar-refractivity contribution in [3.63, 3.8) is 0 Å². The monoisotopic (exact) mass is 179 g/mol. The first kappa shape index (κ1) is 8.75.